The van der Waals surface area contributed by atoms with Crippen molar-refractivity contribution in [3.05, 3.63) is 59.1 Å². The van der Waals surface area contributed by atoms with E-state index >= 15 is 0 Å². The van der Waals surface area contributed by atoms with Crippen LogP contribution in [0.2, 0.25) is 5.02 Å². The molecule has 1 aliphatic rings. The fourth-order valence-corrected chi connectivity index (χ4v) is 3.52. The van der Waals surface area contributed by atoms with Gasteiger partial charge < -0.3 is 20.1 Å². The lowest BCUT2D eigenvalue weighted by Crippen LogP contribution is -2.46. The van der Waals surface area contributed by atoms with Crippen molar-refractivity contribution < 1.29 is 19.4 Å². The van der Waals surface area contributed by atoms with E-state index in [9.17, 15) is 14.7 Å². The molecule has 0 unspecified atom stereocenters. The Morgan fingerprint density at radius 1 is 1.14 bits per heavy atom. The van der Waals surface area contributed by atoms with E-state index in [-0.39, 0.29) is 23.6 Å². The zero-order valence-corrected chi connectivity index (χ0v) is 16.9. The second-order valence-electron chi connectivity index (χ2n) is 7.07. The number of piperidine rings is 1. The lowest BCUT2D eigenvalue weighted by atomic mass is 10.0. The number of aromatic hydroxyl groups is 1. The van der Waals surface area contributed by atoms with Crippen LogP contribution in [0, 0.1) is 0 Å². The van der Waals surface area contributed by atoms with Gasteiger partial charge in [0, 0.05) is 31.1 Å². The van der Waals surface area contributed by atoms with Gasteiger partial charge in [0.1, 0.15) is 11.5 Å². The van der Waals surface area contributed by atoms with E-state index in [0.717, 1.165) is 0 Å². The van der Waals surface area contributed by atoms with E-state index in [1.807, 2.05) is 12.1 Å². The molecule has 0 saturated carbocycles. The molecule has 2 amide bonds. The molecule has 1 aliphatic heterocycles. The molecule has 29 heavy (non-hydrogen) atoms. The molecule has 1 heterocycles. The number of hydrogen-bond acceptors (Lipinski definition) is 4. The lowest BCUT2D eigenvalue weighted by Gasteiger charge is -2.32. The molecular weight excluding hydrogens is 392 g/mol. The minimum atomic E-state index is -0.0950. The van der Waals surface area contributed by atoms with Crippen molar-refractivity contribution in [3.8, 4) is 11.5 Å². The summed E-state index contributed by atoms with van der Waals surface area (Å²) in [6.45, 7) is 1.58. The van der Waals surface area contributed by atoms with Gasteiger partial charge in [-0.25, -0.2) is 0 Å². The van der Waals surface area contributed by atoms with Crippen LogP contribution in [0.15, 0.2) is 48.5 Å². The number of hydrogen-bond donors (Lipinski definition) is 2. The number of amides is 2. The molecule has 7 heteroatoms. The fraction of sp³-hybridized carbons (Fsp3) is 0.364. The highest BCUT2D eigenvalue weighted by molar-refractivity contribution is 6.32. The highest BCUT2D eigenvalue weighted by Crippen LogP contribution is 2.23. The summed E-state index contributed by atoms with van der Waals surface area (Å²) in [4.78, 5) is 26.4. The quantitative estimate of drug-likeness (QED) is 0.675. The molecule has 1 saturated heterocycles. The molecule has 2 aromatic rings. The molecule has 0 aromatic heterocycles. The maximum atomic E-state index is 12.5. The van der Waals surface area contributed by atoms with Gasteiger partial charge in [-0.3, -0.25) is 9.59 Å². The summed E-state index contributed by atoms with van der Waals surface area (Å²) >= 11 is 6.03. The summed E-state index contributed by atoms with van der Waals surface area (Å²) in [6, 6.07) is 13.7. The molecule has 0 aliphatic carbocycles. The first-order valence-electron chi connectivity index (χ1n) is 9.78. The number of para-hydroxylation sites is 1. The molecule has 0 bridgehead atoms. The van der Waals surface area contributed by atoms with Crippen LogP contribution < -0.4 is 10.1 Å². The van der Waals surface area contributed by atoms with Gasteiger partial charge in [-0.2, -0.15) is 0 Å². The largest absolute Gasteiger partial charge is 0.508 e. The number of likely N-dealkylation sites (tertiary alicyclic amines) is 1. The first-order valence-corrected chi connectivity index (χ1v) is 10.2. The Bertz CT molecular complexity index is 850. The molecule has 0 spiro atoms. The van der Waals surface area contributed by atoms with E-state index in [1.54, 1.807) is 29.2 Å². The Balaban J connectivity index is 1.35. The predicted molar refractivity (Wildman–Crippen MR) is 111 cm³/mol. The number of carbonyl (C=O) groups is 2. The first-order chi connectivity index (χ1) is 14.0. The van der Waals surface area contributed by atoms with Crippen LogP contribution in [0.5, 0.6) is 11.5 Å². The van der Waals surface area contributed by atoms with Gasteiger partial charge in [0.25, 0.3) is 5.91 Å². The second kappa shape index (κ2) is 10.2. The maximum absolute atomic E-state index is 12.5. The molecule has 3 rings (SSSR count). The number of rotatable bonds is 7. The molecule has 1 fully saturated rings. The second-order valence-corrected chi connectivity index (χ2v) is 7.47. The topological polar surface area (TPSA) is 78.9 Å². The molecule has 6 nitrogen and oxygen atoms in total. The third kappa shape index (κ3) is 6.12. The standard InChI is InChI=1S/C22H25ClN2O4/c23-19-7-1-2-8-20(19)29-14-4-9-21(27)24-17-10-12-25(13-11-17)22(28)16-5-3-6-18(26)15-16/h1-3,5-8,15,17,26H,4,9-14H2,(H,24,27). The van der Waals surface area contributed by atoms with Crippen molar-refractivity contribution in [3.63, 3.8) is 0 Å². The molecule has 2 aromatic carbocycles. The number of phenolic OH excluding ortho intramolecular Hbond substituents is 1. The minimum absolute atomic E-state index is 0.00878. The number of phenols is 1. The molecule has 0 radical (unpaired) electrons. The maximum Gasteiger partial charge on any atom is 0.253 e. The minimum Gasteiger partial charge on any atom is -0.508 e. The van der Waals surface area contributed by atoms with E-state index in [0.29, 0.717) is 61.7 Å². The zero-order valence-electron chi connectivity index (χ0n) is 16.1. The Morgan fingerprint density at radius 2 is 1.90 bits per heavy atom. The predicted octanol–water partition coefficient (Wildman–Crippen LogP) is 3.63. The van der Waals surface area contributed by atoms with Crippen LogP contribution in [0.1, 0.15) is 36.0 Å². The summed E-state index contributed by atoms with van der Waals surface area (Å²) in [5, 5.41) is 13.1. The number of ether oxygens (including phenoxy) is 1. The number of halogens is 1. The van der Waals surface area contributed by atoms with Crippen LogP contribution in [0.4, 0.5) is 0 Å². The van der Waals surface area contributed by atoms with E-state index in [4.69, 9.17) is 16.3 Å². The summed E-state index contributed by atoms with van der Waals surface area (Å²) in [5.41, 5.74) is 0.478. The summed E-state index contributed by atoms with van der Waals surface area (Å²) < 4.78 is 5.59. The van der Waals surface area contributed by atoms with Gasteiger partial charge in [0.05, 0.1) is 11.6 Å². The highest BCUT2D eigenvalue weighted by atomic mass is 35.5. The van der Waals surface area contributed by atoms with Gasteiger partial charge in [-0.15, -0.1) is 0 Å². The van der Waals surface area contributed by atoms with Crippen molar-refractivity contribution in [1.82, 2.24) is 10.2 Å². The average molecular weight is 417 g/mol. The van der Waals surface area contributed by atoms with Gasteiger partial charge in [-0.05, 0) is 49.6 Å². The lowest BCUT2D eigenvalue weighted by molar-refractivity contribution is -0.122. The number of carbonyl (C=O) groups excluding carboxylic acids is 2. The molecule has 0 atom stereocenters. The third-order valence-corrected chi connectivity index (χ3v) is 5.20. The highest BCUT2D eigenvalue weighted by Gasteiger charge is 2.24. The van der Waals surface area contributed by atoms with Crippen LogP contribution in [0.25, 0.3) is 0 Å². The summed E-state index contributed by atoms with van der Waals surface area (Å²) in [6.07, 6.45) is 2.41. The summed E-state index contributed by atoms with van der Waals surface area (Å²) in [5.74, 6) is 0.600. The van der Waals surface area contributed by atoms with Crippen LogP contribution in [0.3, 0.4) is 0 Å². The van der Waals surface area contributed by atoms with E-state index < -0.39 is 0 Å². The van der Waals surface area contributed by atoms with Crippen molar-refractivity contribution in [2.75, 3.05) is 19.7 Å². The van der Waals surface area contributed by atoms with Crippen LogP contribution >= 0.6 is 11.6 Å². The molecule has 2 N–H and O–H groups in total. The fourth-order valence-electron chi connectivity index (χ4n) is 3.32. The van der Waals surface area contributed by atoms with E-state index in [2.05, 4.69) is 5.32 Å². The number of nitrogens with one attached hydrogen (secondary N) is 1. The van der Waals surface area contributed by atoms with Gasteiger partial charge in [-0.1, -0.05) is 29.8 Å². The normalized spacial score (nSPS) is 14.4. The van der Waals surface area contributed by atoms with Gasteiger partial charge in [0.15, 0.2) is 0 Å². The van der Waals surface area contributed by atoms with Crippen molar-refractivity contribution in [1.29, 1.82) is 0 Å². The SMILES string of the molecule is O=C(CCCOc1ccccc1Cl)NC1CCN(C(=O)c2cccc(O)c2)CC1. The Hall–Kier alpha value is -2.73. The van der Waals surface area contributed by atoms with Crippen molar-refractivity contribution in [2.45, 2.75) is 31.7 Å². The third-order valence-electron chi connectivity index (χ3n) is 4.88. The zero-order chi connectivity index (χ0) is 20.6. The van der Waals surface area contributed by atoms with Gasteiger partial charge in [0.2, 0.25) is 5.91 Å². The van der Waals surface area contributed by atoms with Crippen molar-refractivity contribution >= 4 is 23.4 Å². The molecular formula is C22H25ClN2O4. The van der Waals surface area contributed by atoms with Gasteiger partial charge >= 0.3 is 0 Å². The smallest absolute Gasteiger partial charge is 0.253 e. The van der Waals surface area contributed by atoms with E-state index in [1.165, 1.54) is 12.1 Å². The summed E-state index contributed by atoms with van der Waals surface area (Å²) in [7, 11) is 0. The van der Waals surface area contributed by atoms with Crippen LogP contribution in [-0.4, -0.2) is 47.6 Å². The number of nitrogens with zero attached hydrogens (tertiary/aromatic N) is 1. The van der Waals surface area contributed by atoms with Crippen molar-refractivity contribution in [2.24, 2.45) is 0 Å². The Morgan fingerprint density at radius 3 is 2.62 bits per heavy atom. The molecule has 154 valence electrons. The first kappa shape index (κ1) is 21.0. The monoisotopic (exact) mass is 416 g/mol. The number of benzene rings is 2. The Kier molecular flexibility index (Phi) is 7.36. The average Bonchev–Trinajstić information content (AvgIpc) is 2.72. The van der Waals surface area contributed by atoms with Crippen LogP contribution in [-0.2, 0) is 4.79 Å². The Labute approximate surface area is 175 Å².